The number of nitrogens with zero attached hydrogens (tertiary/aromatic N) is 7. The SMILES string of the molecule is CN(C(=O)c1cc(N2CCC(CN3CCC4(CC3)CCN(c3nccc(COc5ccc(C(C)(C)c6cc(Cl)cc(C#N)c6)cc5)n3)CC4)CC2)ccc1C=O)C1CCC(=O)NC1=O. The van der Waals surface area contributed by atoms with Gasteiger partial charge in [-0.15, -0.1) is 0 Å². The van der Waals surface area contributed by atoms with Crippen LogP contribution in [-0.2, 0) is 21.6 Å². The smallest absolute Gasteiger partial charge is 0.255 e. The molecule has 4 aromatic rings. The Morgan fingerprint density at radius 2 is 1.66 bits per heavy atom. The predicted octanol–water partition coefficient (Wildman–Crippen LogP) is 7.20. The maximum absolute atomic E-state index is 13.6. The van der Waals surface area contributed by atoms with Gasteiger partial charge in [-0.25, -0.2) is 9.97 Å². The summed E-state index contributed by atoms with van der Waals surface area (Å²) in [5.41, 5.74) is 4.92. The van der Waals surface area contributed by atoms with E-state index in [2.05, 4.69) is 57.0 Å². The summed E-state index contributed by atoms with van der Waals surface area (Å²) in [4.78, 5) is 67.8. The van der Waals surface area contributed by atoms with Crippen LogP contribution in [0.25, 0.3) is 0 Å². The molecule has 4 aliphatic rings. The number of aromatic nitrogens is 2. The van der Waals surface area contributed by atoms with Crippen LogP contribution < -0.4 is 19.9 Å². The number of nitrogens with one attached hydrogen (secondary N) is 1. The zero-order chi connectivity index (χ0) is 45.0. The van der Waals surface area contributed by atoms with Crippen molar-refractivity contribution in [2.45, 2.75) is 83.3 Å². The molecule has 0 saturated carbocycles. The van der Waals surface area contributed by atoms with E-state index in [-0.39, 0.29) is 35.3 Å². The lowest BCUT2D eigenvalue weighted by Gasteiger charge is -2.47. The Bertz CT molecular complexity index is 2410. The molecule has 0 aliphatic carbocycles. The summed E-state index contributed by atoms with van der Waals surface area (Å²) in [6.45, 7) is 11.5. The third kappa shape index (κ3) is 9.93. The number of likely N-dealkylation sites (N-methyl/N-ethyl adjacent to an activating group) is 1. The van der Waals surface area contributed by atoms with Gasteiger partial charge in [0.25, 0.3) is 5.91 Å². The molecule has 1 unspecified atom stereocenters. The van der Waals surface area contributed by atoms with Crippen molar-refractivity contribution in [2.24, 2.45) is 11.3 Å². The number of ether oxygens (including phenoxy) is 1. The normalized spacial score (nSPS) is 19.5. The number of benzene rings is 3. The van der Waals surface area contributed by atoms with Crippen LogP contribution in [0.5, 0.6) is 5.75 Å². The van der Waals surface area contributed by atoms with Gasteiger partial charge in [-0.1, -0.05) is 37.6 Å². The van der Waals surface area contributed by atoms with E-state index in [1.54, 1.807) is 25.2 Å². The summed E-state index contributed by atoms with van der Waals surface area (Å²) in [7, 11) is 1.55. The molecule has 14 heteroatoms. The van der Waals surface area contributed by atoms with Crippen LogP contribution in [-0.4, -0.2) is 103 Å². The van der Waals surface area contributed by atoms with E-state index >= 15 is 0 Å². The Hall–Kier alpha value is -5.84. The van der Waals surface area contributed by atoms with Gasteiger partial charge in [0.15, 0.2) is 6.29 Å². The molecule has 8 rings (SSSR count). The second kappa shape index (κ2) is 19.1. The first-order valence-corrected chi connectivity index (χ1v) is 22.9. The van der Waals surface area contributed by atoms with E-state index in [0.29, 0.717) is 34.8 Å². The lowest BCUT2D eigenvalue weighted by Crippen LogP contribution is -2.53. The number of anilines is 2. The van der Waals surface area contributed by atoms with E-state index in [4.69, 9.17) is 21.3 Å². The van der Waals surface area contributed by atoms with Crippen molar-refractivity contribution in [1.29, 1.82) is 5.26 Å². The van der Waals surface area contributed by atoms with E-state index in [1.807, 2.05) is 42.6 Å². The number of likely N-dealkylation sites (tertiary alicyclic amines) is 1. The third-order valence-electron chi connectivity index (χ3n) is 14.3. The van der Waals surface area contributed by atoms with Gasteiger partial charge in [-0.05, 0) is 135 Å². The molecular formula is C50H57ClN8O5. The number of rotatable bonds is 12. The minimum Gasteiger partial charge on any atom is -0.487 e. The molecule has 64 heavy (non-hydrogen) atoms. The highest BCUT2D eigenvalue weighted by Crippen LogP contribution is 2.42. The molecule has 3 amide bonds. The number of amides is 3. The molecule has 334 valence electrons. The van der Waals surface area contributed by atoms with Crippen LogP contribution >= 0.6 is 11.6 Å². The Morgan fingerprint density at radius 3 is 2.34 bits per heavy atom. The average Bonchev–Trinajstić information content (AvgIpc) is 3.31. The monoisotopic (exact) mass is 884 g/mol. The maximum atomic E-state index is 13.6. The second-order valence-electron chi connectivity index (χ2n) is 18.6. The number of aldehydes is 1. The van der Waals surface area contributed by atoms with Gasteiger partial charge >= 0.3 is 0 Å². The maximum Gasteiger partial charge on any atom is 0.255 e. The number of hydrogen-bond donors (Lipinski definition) is 1. The molecule has 4 saturated heterocycles. The van der Waals surface area contributed by atoms with Crippen molar-refractivity contribution in [3.8, 4) is 11.8 Å². The molecule has 1 atom stereocenters. The molecule has 4 fully saturated rings. The quantitative estimate of drug-likeness (QED) is 0.114. The number of carbonyl (C=O) groups excluding carboxylic acids is 4. The lowest BCUT2D eigenvalue weighted by atomic mass is 9.71. The van der Waals surface area contributed by atoms with E-state index in [0.717, 1.165) is 106 Å². The topological polar surface area (TPSA) is 152 Å². The van der Waals surface area contributed by atoms with Crippen molar-refractivity contribution in [1.82, 2.24) is 25.1 Å². The summed E-state index contributed by atoms with van der Waals surface area (Å²) in [6.07, 6.45) is 9.72. The summed E-state index contributed by atoms with van der Waals surface area (Å²) in [5, 5.41) is 12.3. The summed E-state index contributed by atoms with van der Waals surface area (Å²) in [6, 6.07) is 22.3. The zero-order valence-corrected chi connectivity index (χ0v) is 37.8. The van der Waals surface area contributed by atoms with E-state index in [1.165, 1.54) is 17.7 Å². The van der Waals surface area contributed by atoms with Gasteiger partial charge in [0.2, 0.25) is 17.8 Å². The van der Waals surface area contributed by atoms with Crippen molar-refractivity contribution in [2.75, 3.05) is 62.7 Å². The molecule has 3 aromatic carbocycles. The number of imide groups is 1. The highest BCUT2D eigenvalue weighted by atomic mass is 35.5. The second-order valence-corrected chi connectivity index (χ2v) is 19.1. The van der Waals surface area contributed by atoms with Gasteiger partial charge in [0.1, 0.15) is 18.4 Å². The van der Waals surface area contributed by atoms with Crippen molar-refractivity contribution in [3.05, 3.63) is 111 Å². The van der Waals surface area contributed by atoms with E-state index in [9.17, 15) is 24.4 Å². The minimum absolute atomic E-state index is 0.171. The molecule has 4 aliphatic heterocycles. The first kappa shape index (κ1) is 44.8. The van der Waals surface area contributed by atoms with Gasteiger partial charge in [0, 0.05) is 74.1 Å². The van der Waals surface area contributed by atoms with Gasteiger partial charge < -0.3 is 24.3 Å². The number of halogens is 1. The van der Waals surface area contributed by atoms with Crippen molar-refractivity contribution >= 4 is 47.2 Å². The van der Waals surface area contributed by atoms with E-state index < -0.39 is 17.9 Å². The lowest BCUT2D eigenvalue weighted by molar-refractivity contribution is -0.136. The third-order valence-corrected chi connectivity index (χ3v) is 14.5. The van der Waals surface area contributed by atoms with Crippen molar-refractivity contribution in [3.63, 3.8) is 0 Å². The summed E-state index contributed by atoms with van der Waals surface area (Å²) < 4.78 is 6.17. The molecule has 1 spiro atoms. The molecular weight excluding hydrogens is 828 g/mol. The van der Waals surface area contributed by atoms with Crippen LogP contribution in [0.1, 0.15) is 108 Å². The standard InChI is InChI=1S/C50H57ClN8O5/c1-49(2,38-26-35(30-52)27-39(51)28-38)37-5-8-42(9-6-37)64-33-40-12-19-53-48(54-40)59-24-17-50(18-25-59)15-22-57(23-16-50)31-34-13-20-58(21-14-34)41-7-4-36(32-60)43(29-41)47(63)56(3)44-10-11-45(61)55-46(44)62/h4-9,12,19,26-29,32,34,44H,10-11,13-18,20-25,31,33H2,1-3H3,(H,55,61,62). The van der Waals surface area contributed by atoms with Crippen LogP contribution in [0, 0.1) is 22.7 Å². The minimum atomic E-state index is -0.757. The van der Waals surface area contributed by atoms with Crippen LogP contribution in [0.15, 0.2) is 72.9 Å². The summed E-state index contributed by atoms with van der Waals surface area (Å²) in [5.74, 6) is 0.883. The Balaban J connectivity index is 0.777. The molecule has 5 heterocycles. The Labute approximate surface area is 380 Å². The zero-order valence-electron chi connectivity index (χ0n) is 37.0. The molecule has 13 nitrogen and oxygen atoms in total. The van der Waals surface area contributed by atoms with Gasteiger partial charge in [0.05, 0.1) is 22.9 Å². The van der Waals surface area contributed by atoms with Gasteiger partial charge in [-0.3, -0.25) is 24.5 Å². The fourth-order valence-corrected chi connectivity index (χ4v) is 10.2. The molecule has 0 bridgehead atoms. The first-order chi connectivity index (χ1) is 30.8. The Kier molecular flexibility index (Phi) is 13.4. The first-order valence-electron chi connectivity index (χ1n) is 22.5. The number of piperidine rings is 4. The molecule has 1 aromatic heterocycles. The predicted molar refractivity (Wildman–Crippen MR) is 246 cm³/mol. The van der Waals surface area contributed by atoms with Crippen LogP contribution in [0.4, 0.5) is 11.6 Å². The Morgan fingerprint density at radius 1 is 0.938 bits per heavy atom. The number of nitriles is 1. The summed E-state index contributed by atoms with van der Waals surface area (Å²) >= 11 is 6.32. The highest BCUT2D eigenvalue weighted by molar-refractivity contribution is 6.30. The fraction of sp³-hybridized carbons (Fsp3) is 0.460. The number of carbonyl (C=O) groups is 4. The molecule has 1 N–H and O–H groups in total. The highest BCUT2D eigenvalue weighted by Gasteiger charge is 2.39. The van der Waals surface area contributed by atoms with Crippen LogP contribution in [0.2, 0.25) is 5.02 Å². The fourth-order valence-electron chi connectivity index (χ4n) is 9.97. The average molecular weight is 886 g/mol. The van der Waals surface area contributed by atoms with Crippen molar-refractivity contribution < 1.29 is 23.9 Å². The largest absolute Gasteiger partial charge is 0.487 e. The number of hydrogen-bond acceptors (Lipinski definition) is 11. The molecule has 0 radical (unpaired) electrons. The van der Waals surface area contributed by atoms with Crippen LogP contribution in [0.3, 0.4) is 0 Å². The van der Waals surface area contributed by atoms with Gasteiger partial charge in [-0.2, -0.15) is 5.26 Å².